The van der Waals surface area contributed by atoms with Crippen molar-refractivity contribution >= 4 is 44.2 Å². The number of amides is 1. The lowest BCUT2D eigenvalue weighted by Crippen LogP contribution is -2.26. The monoisotopic (exact) mass is 519 g/mol. The van der Waals surface area contributed by atoms with Crippen molar-refractivity contribution in [2.45, 2.75) is 19.4 Å². The van der Waals surface area contributed by atoms with E-state index in [2.05, 4.69) is 4.90 Å². The molecular weight excluding hydrogens is 493 g/mol. The van der Waals surface area contributed by atoms with Crippen molar-refractivity contribution in [3.8, 4) is 5.75 Å². The van der Waals surface area contributed by atoms with Crippen molar-refractivity contribution in [2.75, 3.05) is 30.0 Å². The number of ether oxygens (including phenoxy) is 1. The summed E-state index contributed by atoms with van der Waals surface area (Å²) in [4.78, 5) is 32.0. The number of aromatic nitrogens is 1. The van der Waals surface area contributed by atoms with Gasteiger partial charge in [0.25, 0.3) is 0 Å². The Kier molecular flexibility index (Phi) is 7.05. The van der Waals surface area contributed by atoms with Crippen LogP contribution in [-0.2, 0) is 22.6 Å². The van der Waals surface area contributed by atoms with Gasteiger partial charge in [0.2, 0.25) is 5.91 Å². The van der Waals surface area contributed by atoms with Crippen molar-refractivity contribution < 1.29 is 23.8 Å². The van der Waals surface area contributed by atoms with Gasteiger partial charge in [-0.15, -0.1) is 0 Å². The minimum absolute atomic E-state index is 0.0182. The van der Waals surface area contributed by atoms with Crippen LogP contribution in [0.25, 0.3) is 10.2 Å². The second-order valence-electron chi connectivity index (χ2n) is 9.01. The van der Waals surface area contributed by atoms with Gasteiger partial charge in [-0.3, -0.25) is 9.59 Å². The molecule has 190 valence electrons. The van der Waals surface area contributed by atoms with Gasteiger partial charge < -0.3 is 19.6 Å². The van der Waals surface area contributed by atoms with Crippen LogP contribution in [-0.4, -0.2) is 42.2 Å². The number of carbonyl (C=O) groups excluding carboxylic acids is 1. The molecule has 1 saturated heterocycles. The number of carbonyl (C=O) groups is 2. The van der Waals surface area contributed by atoms with Crippen LogP contribution in [0.4, 0.5) is 15.2 Å². The van der Waals surface area contributed by atoms with Gasteiger partial charge in [-0.1, -0.05) is 41.7 Å². The average Bonchev–Trinajstić information content (AvgIpc) is 3.52. The van der Waals surface area contributed by atoms with E-state index in [0.29, 0.717) is 29.0 Å². The van der Waals surface area contributed by atoms with Crippen molar-refractivity contribution in [2.24, 2.45) is 5.92 Å². The third-order valence-electron chi connectivity index (χ3n) is 6.55. The molecule has 5 rings (SSSR count). The minimum atomic E-state index is -0.952. The summed E-state index contributed by atoms with van der Waals surface area (Å²) in [5.41, 5.74) is 3.46. The Bertz CT molecular complexity index is 1420. The van der Waals surface area contributed by atoms with Crippen LogP contribution in [0.15, 0.2) is 66.7 Å². The van der Waals surface area contributed by atoms with E-state index in [1.165, 1.54) is 22.3 Å². The molecule has 0 saturated carbocycles. The molecule has 0 bridgehead atoms. The summed E-state index contributed by atoms with van der Waals surface area (Å²) in [7, 11) is 1.64. The molecule has 1 aliphatic heterocycles. The summed E-state index contributed by atoms with van der Waals surface area (Å²) in [5.74, 6) is -1.30. The predicted molar refractivity (Wildman–Crippen MR) is 142 cm³/mol. The first-order chi connectivity index (χ1) is 17.9. The molecule has 0 radical (unpaired) electrons. The Hall–Kier alpha value is -3.98. The molecule has 4 aromatic rings. The van der Waals surface area contributed by atoms with Crippen LogP contribution >= 0.6 is 11.3 Å². The van der Waals surface area contributed by atoms with E-state index in [9.17, 15) is 19.1 Å². The van der Waals surface area contributed by atoms with Crippen LogP contribution in [0.3, 0.4) is 0 Å². The fraction of sp³-hybridized carbons (Fsp3) is 0.250. The number of thiazole rings is 1. The quantitative estimate of drug-likeness (QED) is 0.330. The number of hydrogen-bond acceptors (Lipinski definition) is 6. The van der Waals surface area contributed by atoms with Crippen LogP contribution in [0.1, 0.15) is 17.5 Å². The van der Waals surface area contributed by atoms with E-state index in [4.69, 9.17) is 9.72 Å². The van der Waals surface area contributed by atoms with Crippen LogP contribution < -0.4 is 14.5 Å². The molecule has 7 nitrogen and oxygen atoms in total. The summed E-state index contributed by atoms with van der Waals surface area (Å²) in [5, 5.41) is 9.99. The fourth-order valence-electron chi connectivity index (χ4n) is 4.46. The standard InChI is InChI=1S/C28H26FN3O4S/c1-36-22-11-7-18(8-12-22)13-14-31(28-30-24-4-2-3-23(29)26(24)37-28)16-19-5-9-21(10-6-19)32-17-20(27(34)35)15-25(32)33/h2-12,20H,13-17H2,1H3,(H,34,35)/t20-/m0/s1. The summed E-state index contributed by atoms with van der Waals surface area (Å²) in [6, 6.07) is 20.4. The van der Waals surface area contributed by atoms with Gasteiger partial charge in [0.1, 0.15) is 11.6 Å². The lowest BCUT2D eigenvalue weighted by atomic mass is 10.1. The zero-order chi connectivity index (χ0) is 25.9. The molecule has 1 N–H and O–H groups in total. The number of methoxy groups -OCH3 is 1. The number of nitrogens with zero attached hydrogens (tertiary/aromatic N) is 3. The maximum Gasteiger partial charge on any atom is 0.308 e. The molecule has 1 fully saturated rings. The second kappa shape index (κ2) is 10.6. The largest absolute Gasteiger partial charge is 0.497 e. The topological polar surface area (TPSA) is 83.0 Å². The molecule has 0 unspecified atom stereocenters. The predicted octanol–water partition coefficient (Wildman–Crippen LogP) is 5.13. The highest BCUT2D eigenvalue weighted by Gasteiger charge is 2.35. The van der Waals surface area contributed by atoms with Gasteiger partial charge >= 0.3 is 5.97 Å². The third-order valence-corrected chi connectivity index (χ3v) is 7.69. The molecule has 37 heavy (non-hydrogen) atoms. The number of aliphatic carboxylic acids is 1. The number of carboxylic acids is 1. The molecule has 1 aliphatic rings. The molecule has 0 spiro atoms. The molecule has 1 amide bonds. The lowest BCUT2D eigenvalue weighted by molar-refractivity contribution is -0.141. The first kappa shape index (κ1) is 24.7. The van der Waals surface area contributed by atoms with E-state index < -0.39 is 11.9 Å². The Labute approximate surface area is 217 Å². The molecular formula is C28H26FN3O4S. The second-order valence-corrected chi connectivity index (χ2v) is 9.99. The highest BCUT2D eigenvalue weighted by atomic mass is 32.1. The van der Waals surface area contributed by atoms with E-state index >= 15 is 0 Å². The number of halogens is 1. The van der Waals surface area contributed by atoms with Crippen LogP contribution in [0.5, 0.6) is 5.75 Å². The van der Waals surface area contributed by atoms with Gasteiger partial charge in [-0.25, -0.2) is 9.37 Å². The van der Waals surface area contributed by atoms with Crippen molar-refractivity contribution in [3.05, 3.63) is 83.7 Å². The van der Waals surface area contributed by atoms with Crippen LogP contribution in [0, 0.1) is 11.7 Å². The molecule has 0 aliphatic carbocycles. The molecule has 1 aromatic heterocycles. The van der Waals surface area contributed by atoms with Crippen molar-refractivity contribution in [1.29, 1.82) is 0 Å². The van der Waals surface area contributed by atoms with E-state index in [0.717, 1.165) is 28.4 Å². The van der Waals surface area contributed by atoms with Crippen molar-refractivity contribution in [3.63, 3.8) is 0 Å². The van der Waals surface area contributed by atoms with Crippen molar-refractivity contribution in [1.82, 2.24) is 4.98 Å². The Morgan fingerprint density at radius 2 is 1.86 bits per heavy atom. The van der Waals surface area contributed by atoms with E-state index in [1.54, 1.807) is 13.2 Å². The average molecular weight is 520 g/mol. The van der Waals surface area contributed by atoms with Gasteiger partial charge in [-0.2, -0.15) is 0 Å². The lowest BCUT2D eigenvalue weighted by Gasteiger charge is -2.23. The van der Waals surface area contributed by atoms with Gasteiger partial charge in [-0.05, 0) is 53.9 Å². The fourth-order valence-corrected chi connectivity index (χ4v) is 5.46. The Morgan fingerprint density at radius 1 is 1.14 bits per heavy atom. The number of anilines is 2. The molecule has 2 heterocycles. The van der Waals surface area contributed by atoms with E-state index in [1.807, 2.05) is 54.6 Å². The first-order valence-corrected chi connectivity index (χ1v) is 12.8. The zero-order valence-corrected chi connectivity index (χ0v) is 21.1. The summed E-state index contributed by atoms with van der Waals surface area (Å²) in [6.45, 7) is 1.39. The maximum absolute atomic E-state index is 14.4. The van der Waals surface area contributed by atoms with Crippen LogP contribution in [0.2, 0.25) is 0 Å². The summed E-state index contributed by atoms with van der Waals surface area (Å²) in [6.07, 6.45) is 0.781. The normalized spacial score (nSPS) is 15.4. The Balaban J connectivity index is 1.36. The number of hydrogen-bond donors (Lipinski definition) is 1. The minimum Gasteiger partial charge on any atom is -0.497 e. The third kappa shape index (κ3) is 5.41. The number of benzene rings is 3. The SMILES string of the molecule is COc1ccc(CCN(Cc2ccc(N3C[C@@H](C(=O)O)CC3=O)cc2)c2nc3cccc(F)c3s2)cc1. The highest BCUT2D eigenvalue weighted by molar-refractivity contribution is 7.22. The van der Waals surface area contributed by atoms with E-state index in [-0.39, 0.29) is 24.7 Å². The summed E-state index contributed by atoms with van der Waals surface area (Å²) < 4.78 is 20.2. The molecule has 3 aromatic carbocycles. The zero-order valence-electron chi connectivity index (χ0n) is 20.3. The maximum atomic E-state index is 14.4. The number of carboxylic acid groups (broad SMARTS) is 1. The molecule has 9 heteroatoms. The number of rotatable bonds is 9. The molecule has 1 atom stereocenters. The first-order valence-electron chi connectivity index (χ1n) is 12.0. The highest BCUT2D eigenvalue weighted by Crippen LogP contribution is 2.32. The summed E-state index contributed by atoms with van der Waals surface area (Å²) >= 11 is 1.33. The number of fused-ring (bicyclic) bond motifs is 1. The Morgan fingerprint density at radius 3 is 2.51 bits per heavy atom. The van der Waals surface area contributed by atoms with Gasteiger partial charge in [0.15, 0.2) is 5.13 Å². The van der Waals surface area contributed by atoms with Gasteiger partial charge in [0, 0.05) is 31.7 Å². The smallest absolute Gasteiger partial charge is 0.308 e. The van der Waals surface area contributed by atoms with Gasteiger partial charge in [0.05, 0.1) is 23.2 Å².